The molecule has 0 spiro atoms. The lowest BCUT2D eigenvalue weighted by Crippen LogP contribution is -2.13. The fourth-order valence-electron chi connectivity index (χ4n) is 4.68. The summed E-state index contributed by atoms with van der Waals surface area (Å²) in [5.41, 5.74) is -1.10. The number of benzene rings is 5. The van der Waals surface area contributed by atoms with E-state index in [2.05, 4.69) is 34.3 Å². The molecule has 0 aliphatic carbocycles. The minimum Gasteiger partial charge on any atom is -0.505 e. The number of hydrogen-bond donors (Lipinski definition) is 6. The van der Waals surface area contributed by atoms with Gasteiger partial charge in [0, 0.05) is 33.3 Å². The number of hydrogen-bond acceptors (Lipinski definition) is 19. The number of amides is 1. The van der Waals surface area contributed by atoms with Crippen molar-refractivity contribution >= 4 is 107 Å². The molecule has 0 aromatic heterocycles. The molecule has 0 saturated heterocycles. The van der Waals surface area contributed by atoms with Crippen molar-refractivity contribution < 1.29 is 74.1 Å². The molecule has 0 heterocycles. The fraction of sp³-hybridized carbons (Fsp3) is 0.0345. The van der Waals surface area contributed by atoms with Gasteiger partial charge in [-0.2, -0.15) is 16.8 Å². The van der Waals surface area contributed by atoms with Crippen molar-refractivity contribution in [3.8, 4) is 5.75 Å². The van der Waals surface area contributed by atoms with E-state index in [0.29, 0.717) is 29.5 Å². The number of anilines is 1. The van der Waals surface area contributed by atoms with E-state index in [0.717, 1.165) is 18.2 Å². The molecule has 0 aliphatic rings. The number of nitrogens with one attached hydrogen (secondary N) is 1. The number of carbonyl (C=O) groups is 2. The first-order valence-corrected chi connectivity index (χ1v) is 19.2. The zero-order chi connectivity index (χ0) is 38.3. The highest BCUT2D eigenvalue weighted by molar-refractivity contribution is 7.96. The second-order valence-electron chi connectivity index (χ2n) is 10.1. The molecule has 0 radical (unpaired) electrons. The second-order valence-corrected chi connectivity index (χ2v) is 15.1. The van der Waals surface area contributed by atoms with Gasteiger partial charge in [-0.25, -0.2) is 10.5 Å². The van der Waals surface area contributed by atoms with Gasteiger partial charge in [-0.05, 0) is 59.3 Å². The zero-order valence-corrected chi connectivity index (χ0v) is 30.0. The molecule has 5 aromatic carbocycles. The van der Waals surface area contributed by atoms with Crippen molar-refractivity contribution in [1.29, 1.82) is 0 Å². The maximum Gasteiger partial charge on any atom is 0.330 e. The summed E-state index contributed by atoms with van der Waals surface area (Å²) in [5.74, 6) is -2.71. The summed E-state index contributed by atoms with van der Waals surface area (Å²) in [6, 6.07) is 17.5. The average molecular weight is 828 g/mol. The van der Waals surface area contributed by atoms with Crippen LogP contribution in [-0.4, -0.2) is 59.2 Å². The Bertz CT molecular complexity index is 2450. The van der Waals surface area contributed by atoms with Gasteiger partial charge in [-0.3, -0.25) is 18.7 Å². The Morgan fingerprint density at radius 1 is 0.792 bits per heavy atom. The Morgan fingerprint density at radius 2 is 1.51 bits per heavy atom. The van der Waals surface area contributed by atoms with Crippen molar-refractivity contribution in [2.24, 2.45) is 10.2 Å². The predicted molar refractivity (Wildman–Crippen MR) is 188 cm³/mol. The van der Waals surface area contributed by atoms with Crippen LogP contribution in [-0.2, 0) is 48.0 Å². The van der Waals surface area contributed by atoms with E-state index >= 15 is 0 Å². The average Bonchev–Trinajstić information content (AvgIpc) is 3.11. The van der Waals surface area contributed by atoms with Gasteiger partial charge < -0.3 is 14.6 Å². The molecule has 0 fully saturated rings. The van der Waals surface area contributed by atoms with Crippen molar-refractivity contribution in [3.63, 3.8) is 0 Å². The third kappa shape index (κ3) is 9.78. The topological polar surface area (TPSA) is 286 Å². The minimum absolute atomic E-state index is 0.0885. The van der Waals surface area contributed by atoms with Gasteiger partial charge in [0.25, 0.3) is 26.1 Å². The lowest BCUT2D eigenvalue weighted by Gasteiger charge is -2.15. The summed E-state index contributed by atoms with van der Waals surface area (Å²) in [6.45, 7) is 0. The summed E-state index contributed by atoms with van der Waals surface area (Å²) in [4.78, 5) is 23.6. The van der Waals surface area contributed by atoms with Crippen LogP contribution in [0, 0.1) is 0 Å². The Labute approximate surface area is 310 Å². The van der Waals surface area contributed by atoms with Crippen LogP contribution in [0.1, 0.15) is 10.4 Å². The SMILES string of the molecule is O=C(CSOOO)OSc1ccc2ccc(/N=N/c3c(SOOO)cc4cc(S(=O)(=O)O)cc(NC(=O)c5ccccc5)c4c3O)c(S(=O)(=O)O)c2c1. The Kier molecular flexibility index (Phi) is 12.9. The van der Waals surface area contributed by atoms with Crippen LogP contribution >= 0.6 is 36.1 Å². The summed E-state index contributed by atoms with van der Waals surface area (Å²) < 4.78 is 83.4. The maximum absolute atomic E-state index is 13.1. The number of carbonyl (C=O) groups excluding carboxylic acids is 2. The second kappa shape index (κ2) is 17.2. The molecule has 24 heteroatoms. The molecule has 5 aromatic rings. The first kappa shape index (κ1) is 39.8. The molecular formula is C29H21N3O16S5. The summed E-state index contributed by atoms with van der Waals surface area (Å²) in [6.07, 6.45) is 0. The highest BCUT2D eigenvalue weighted by atomic mass is 32.2. The first-order valence-electron chi connectivity index (χ1n) is 14.0. The number of rotatable bonds is 15. The van der Waals surface area contributed by atoms with E-state index < -0.39 is 59.0 Å². The summed E-state index contributed by atoms with van der Waals surface area (Å²) in [5, 5.41) is 45.9. The van der Waals surface area contributed by atoms with E-state index in [1.165, 1.54) is 42.5 Å². The molecule has 5 rings (SSSR count). The highest BCUT2D eigenvalue weighted by Gasteiger charge is 2.24. The third-order valence-corrected chi connectivity index (χ3v) is 10.4. The normalized spacial score (nSPS) is 12.1. The number of azo groups is 1. The van der Waals surface area contributed by atoms with Crippen molar-refractivity contribution in [2.45, 2.75) is 19.6 Å². The van der Waals surface area contributed by atoms with Gasteiger partial charge in [0.2, 0.25) is 0 Å². The van der Waals surface area contributed by atoms with E-state index in [-0.39, 0.29) is 55.0 Å². The number of nitrogens with zero attached hydrogens (tertiary/aromatic N) is 2. The van der Waals surface area contributed by atoms with Crippen LogP contribution in [0.3, 0.4) is 0 Å². The molecule has 19 nitrogen and oxygen atoms in total. The van der Waals surface area contributed by atoms with Crippen LogP contribution in [0.2, 0.25) is 0 Å². The maximum atomic E-state index is 13.1. The standard InChI is InChI=1S/C29H21N3O16S5/c33-24(14-49-47-45-36)44-50-18-8-6-15-7-9-21(28(20(15)12-18)53(41,42)43)31-32-26-23(51-48-46-37)11-17-10-19(52(38,39)40)13-22(25(17)27(26)34)30-29(35)16-4-2-1-3-5-16/h1-13,34,36-37H,14H2,(H,30,35)(H,38,39,40)(H,41,42,43)/b32-31+. The molecule has 6 N–H and O–H groups in total. The fourth-order valence-corrected chi connectivity index (χ4v) is 7.41. The van der Waals surface area contributed by atoms with Gasteiger partial charge >= 0.3 is 5.97 Å². The van der Waals surface area contributed by atoms with Crippen molar-refractivity contribution in [1.82, 2.24) is 0 Å². The molecule has 278 valence electrons. The van der Waals surface area contributed by atoms with Crippen LogP contribution in [0.5, 0.6) is 5.75 Å². The summed E-state index contributed by atoms with van der Waals surface area (Å²) >= 11 is 1.21. The Hall–Kier alpha value is -4.41. The van der Waals surface area contributed by atoms with Gasteiger partial charge in [-0.1, -0.05) is 40.4 Å². The van der Waals surface area contributed by atoms with Gasteiger partial charge in [0.15, 0.2) is 5.75 Å². The minimum atomic E-state index is -5.06. The largest absolute Gasteiger partial charge is 0.505 e. The lowest BCUT2D eigenvalue weighted by atomic mass is 10.1. The quantitative estimate of drug-likeness (QED) is 0.0156. The molecular weight excluding hydrogens is 807 g/mol. The zero-order valence-electron chi connectivity index (χ0n) is 25.9. The molecule has 0 bridgehead atoms. The van der Waals surface area contributed by atoms with Crippen LogP contribution in [0.4, 0.5) is 17.1 Å². The highest BCUT2D eigenvalue weighted by Crippen LogP contribution is 2.47. The molecule has 0 atom stereocenters. The molecule has 1 amide bonds. The molecule has 0 aliphatic heterocycles. The number of phenolic OH excluding ortho intramolecular Hbond substituents is 1. The molecule has 0 unspecified atom stereocenters. The van der Waals surface area contributed by atoms with E-state index in [1.54, 1.807) is 18.2 Å². The number of fused-ring (bicyclic) bond motifs is 2. The van der Waals surface area contributed by atoms with E-state index in [1.807, 2.05) is 0 Å². The number of aromatic hydroxyl groups is 1. The van der Waals surface area contributed by atoms with Crippen LogP contribution < -0.4 is 5.32 Å². The Balaban J connectivity index is 1.64. The van der Waals surface area contributed by atoms with Crippen molar-refractivity contribution in [2.75, 3.05) is 11.1 Å². The monoisotopic (exact) mass is 827 g/mol. The number of phenols is 1. The molecule has 0 saturated carbocycles. The van der Waals surface area contributed by atoms with Crippen LogP contribution in [0.25, 0.3) is 21.5 Å². The predicted octanol–water partition coefficient (Wildman–Crippen LogP) is 6.91. The molecule has 53 heavy (non-hydrogen) atoms. The Morgan fingerprint density at radius 3 is 2.19 bits per heavy atom. The third-order valence-electron chi connectivity index (χ3n) is 6.78. The van der Waals surface area contributed by atoms with Crippen molar-refractivity contribution in [3.05, 3.63) is 84.4 Å². The van der Waals surface area contributed by atoms with Gasteiger partial charge in [-0.15, -0.1) is 18.9 Å². The smallest absolute Gasteiger partial charge is 0.330 e. The first-order chi connectivity index (χ1) is 25.2. The summed E-state index contributed by atoms with van der Waals surface area (Å²) in [7, 11) is -9.94. The van der Waals surface area contributed by atoms with Gasteiger partial charge in [0.1, 0.15) is 22.0 Å². The lowest BCUT2D eigenvalue weighted by molar-refractivity contribution is -0.432. The van der Waals surface area contributed by atoms with E-state index in [4.69, 9.17) is 14.7 Å². The van der Waals surface area contributed by atoms with E-state index in [9.17, 15) is 40.6 Å². The van der Waals surface area contributed by atoms with Gasteiger partial charge in [0.05, 0.1) is 39.6 Å². The van der Waals surface area contributed by atoms with Crippen LogP contribution in [0.15, 0.2) is 109 Å².